The van der Waals surface area contributed by atoms with Crippen LogP contribution in [0.25, 0.3) is 0 Å². The predicted octanol–water partition coefficient (Wildman–Crippen LogP) is 3.12. The van der Waals surface area contributed by atoms with E-state index in [9.17, 15) is 10.1 Å². The molecule has 0 amide bonds. The summed E-state index contributed by atoms with van der Waals surface area (Å²) in [4.78, 5) is 12.8. The Morgan fingerprint density at radius 3 is 2.29 bits per heavy atom. The highest BCUT2D eigenvalue weighted by Crippen LogP contribution is 2.29. The van der Waals surface area contributed by atoms with E-state index < -0.39 is 0 Å². The fourth-order valence-corrected chi connectivity index (χ4v) is 3.20. The van der Waals surface area contributed by atoms with Gasteiger partial charge in [-0.3, -0.25) is 15.0 Å². The van der Waals surface area contributed by atoms with Crippen molar-refractivity contribution in [1.29, 1.82) is 0 Å². The van der Waals surface area contributed by atoms with Crippen LogP contribution in [0.3, 0.4) is 0 Å². The van der Waals surface area contributed by atoms with Gasteiger partial charge in [0.15, 0.2) is 0 Å². The van der Waals surface area contributed by atoms with Crippen molar-refractivity contribution in [2.75, 3.05) is 14.1 Å². The highest BCUT2D eigenvalue weighted by molar-refractivity contribution is 5.34. The van der Waals surface area contributed by atoms with Gasteiger partial charge in [-0.2, -0.15) is 0 Å². The largest absolute Gasteiger partial charge is 0.317 e. The second-order valence-electron chi connectivity index (χ2n) is 5.98. The Kier molecular flexibility index (Phi) is 5.31. The van der Waals surface area contributed by atoms with Crippen molar-refractivity contribution in [3.63, 3.8) is 0 Å². The average molecular weight is 291 g/mol. The molecule has 1 N–H and O–H groups in total. The number of nitrogens with one attached hydrogen (secondary N) is 1. The lowest BCUT2D eigenvalue weighted by Crippen LogP contribution is -2.40. The van der Waals surface area contributed by atoms with Crippen LogP contribution in [0.5, 0.6) is 0 Å². The lowest BCUT2D eigenvalue weighted by Gasteiger charge is -2.38. The van der Waals surface area contributed by atoms with Gasteiger partial charge in [0, 0.05) is 30.3 Å². The van der Waals surface area contributed by atoms with Gasteiger partial charge in [-0.05, 0) is 52.3 Å². The molecule has 1 atom stereocenters. The lowest BCUT2D eigenvalue weighted by molar-refractivity contribution is -0.384. The molecule has 0 bridgehead atoms. The number of hydrogen-bond donors (Lipinski definition) is 1. The fourth-order valence-electron chi connectivity index (χ4n) is 3.20. The molecule has 0 heterocycles. The number of nitrogens with zero attached hydrogens (tertiary/aromatic N) is 2. The van der Waals surface area contributed by atoms with Gasteiger partial charge < -0.3 is 5.32 Å². The molecule has 116 valence electrons. The van der Waals surface area contributed by atoms with Crippen LogP contribution in [-0.2, 0) is 0 Å². The molecular weight excluding hydrogens is 266 g/mol. The molecule has 1 fully saturated rings. The zero-order valence-electron chi connectivity index (χ0n) is 13.1. The first-order chi connectivity index (χ1) is 10.0. The van der Waals surface area contributed by atoms with E-state index in [2.05, 4.69) is 24.2 Å². The van der Waals surface area contributed by atoms with Gasteiger partial charge in [0.05, 0.1) is 4.92 Å². The first-order valence-electron chi connectivity index (χ1n) is 7.66. The average Bonchev–Trinajstić information content (AvgIpc) is 2.53. The molecule has 0 spiro atoms. The first kappa shape index (κ1) is 15.9. The van der Waals surface area contributed by atoms with Crippen molar-refractivity contribution < 1.29 is 4.92 Å². The Morgan fingerprint density at radius 2 is 1.81 bits per heavy atom. The van der Waals surface area contributed by atoms with Crippen LogP contribution in [-0.4, -0.2) is 36.0 Å². The molecule has 1 saturated carbocycles. The highest BCUT2D eigenvalue weighted by atomic mass is 16.6. The van der Waals surface area contributed by atoms with Crippen LogP contribution in [0.1, 0.15) is 44.2 Å². The molecular formula is C16H25N3O2. The van der Waals surface area contributed by atoms with E-state index >= 15 is 0 Å². The van der Waals surface area contributed by atoms with Gasteiger partial charge in [-0.1, -0.05) is 12.1 Å². The molecule has 5 heteroatoms. The third-order valence-corrected chi connectivity index (χ3v) is 4.88. The van der Waals surface area contributed by atoms with Crippen molar-refractivity contribution in [3.8, 4) is 0 Å². The number of benzene rings is 1. The highest BCUT2D eigenvalue weighted by Gasteiger charge is 2.26. The van der Waals surface area contributed by atoms with E-state index in [0.717, 1.165) is 5.56 Å². The molecule has 1 aromatic rings. The SMILES string of the molecule is CNC1CCC(N(C)C(C)c2ccc([N+](=O)[O-])cc2)CC1. The molecule has 1 aliphatic rings. The molecule has 2 rings (SSSR count). The quantitative estimate of drug-likeness (QED) is 0.669. The van der Waals surface area contributed by atoms with Crippen LogP contribution >= 0.6 is 0 Å². The standard InChI is InChI=1S/C16H25N3O2/c1-12(13-4-8-16(9-5-13)19(20)21)18(3)15-10-6-14(17-2)7-11-15/h4-5,8-9,12,14-15,17H,6-7,10-11H2,1-3H3. The molecule has 0 aliphatic heterocycles. The molecule has 1 aromatic carbocycles. The Labute approximate surface area is 126 Å². The third kappa shape index (κ3) is 3.80. The molecule has 1 aliphatic carbocycles. The Morgan fingerprint density at radius 1 is 1.24 bits per heavy atom. The summed E-state index contributed by atoms with van der Waals surface area (Å²) in [5.74, 6) is 0. The first-order valence-corrected chi connectivity index (χ1v) is 7.66. The van der Waals surface area contributed by atoms with Gasteiger partial charge in [0.2, 0.25) is 0 Å². The van der Waals surface area contributed by atoms with Crippen LogP contribution in [0.4, 0.5) is 5.69 Å². The predicted molar refractivity (Wildman–Crippen MR) is 84.4 cm³/mol. The van der Waals surface area contributed by atoms with Gasteiger partial charge >= 0.3 is 0 Å². The van der Waals surface area contributed by atoms with Gasteiger partial charge in [-0.15, -0.1) is 0 Å². The molecule has 0 aromatic heterocycles. The normalized spacial score (nSPS) is 24.0. The minimum atomic E-state index is -0.350. The van der Waals surface area contributed by atoms with E-state index in [4.69, 9.17) is 0 Å². The maximum absolute atomic E-state index is 10.7. The van der Waals surface area contributed by atoms with Crippen LogP contribution in [0.2, 0.25) is 0 Å². The lowest BCUT2D eigenvalue weighted by atomic mass is 9.89. The maximum atomic E-state index is 10.7. The topological polar surface area (TPSA) is 58.4 Å². The Balaban J connectivity index is 1.98. The minimum Gasteiger partial charge on any atom is -0.317 e. The summed E-state index contributed by atoms with van der Waals surface area (Å²) in [6.07, 6.45) is 4.86. The minimum absolute atomic E-state index is 0.156. The van der Waals surface area contributed by atoms with Crippen molar-refractivity contribution in [1.82, 2.24) is 10.2 Å². The molecule has 21 heavy (non-hydrogen) atoms. The molecule has 1 unspecified atom stereocenters. The molecule has 0 radical (unpaired) electrons. The number of nitro benzene ring substituents is 1. The van der Waals surface area contributed by atoms with Gasteiger partial charge in [-0.25, -0.2) is 0 Å². The van der Waals surface area contributed by atoms with E-state index in [1.54, 1.807) is 12.1 Å². The van der Waals surface area contributed by atoms with Crippen molar-refractivity contribution in [2.45, 2.75) is 50.7 Å². The summed E-state index contributed by atoms with van der Waals surface area (Å²) in [7, 11) is 4.20. The van der Waals surface area contributed by atoms with E-state index in [1.165, 1.54) is 25.7 Å². The fraction of sp³-hybridized carbons (Fsp3) is 0.625. The summed E-state index contributed by atoms with van der Waals surface area (Å²) in [6, 6.07) is 8.47. The van der Waals surface area contributed by atoms with E-state index in [1.807, 2.05) is 19.2 Å². The summed E-state index contributed by atoms with van der Waals surface area (Å²) in [5, 5.41) is 14.1. The molecule has 5 nitrogen and oxygen atoms in total. The van der Waals surface area contributed by atoms with Crippen molar-refractivity contribution in [3.05, 3.63) is 39.9 Å². The van der Waals surface area contributed by atoms with Crippen LogP contribution < -0.4 is 5.32 Å². The Bertz CT molecular complexity index is 467. The number of rotatable bonds is 5. The smallest absolute Gasteiger partial charge is 0.269 e. The number of non-ortho nitro benzene ring substituents is 1. The zero-order chi connectivity index (χ0) is 15.4. The van der Waals surface area contributed by atoms with Crippen molar-refractivity contribution >= 4 is 5.69 Å². The summed E-state index contributed by atoms with van der Waals surface area (Å²) >= 11 is 0. The number of hydrogen-bond acceptors (Lipinski definition) is 4. The van der Waals surface area contributed by atoms with Gasteiger partial charge in [0.1, 0.15) is 0 Å². The number of nitro groups is 1. The van der Waals surface area contributed by atoms with E-state index in [0.29, 0.717) is 12.1 Å². The maximum Gasteiger partial charge on any atom is 0.269 e. The van der Waals surface area contributed by atoms with Crippen LogP contribution in [0.15, 0.2) is 24.3 Å². The van der Waals surface area contributed by atoms with E-state index in [-0.39, 0.29) is 16.7 Å². The second kappa shape index (κ2) is 7.00. The summed E-state index contributed by atoms with van der Waals surface area (Å²) in [6.45, 7) is 2.17. The Hall–Kier alpha value is -1.46. The monoisotopic (exact) mass is 291 g/mol. The van der Waals surface area contributed by atoms with Crippen LogP contribution in [0, 0.1) is 10.1 Å². The second-order valence-corrected chi connectivity index (χ2v) is 5.98. The van der Waals surface area contributed by atoms with Gasteiger partial charge in [0.25, 0.3) is 5.69 Å². The molecule has 0 saturated heterocycles. The summed E-state index contributed by atoms with van der Waals surface area (Å²) in [5.41, 5.74) is 1.29. The zero-order valence-corrected chi connectivity index (χ0v) is 13.1. The third-order valence-electron chi connectivity index (χ3n) is 4.88. The van der Waals surface area contributed by atoms with Crippen molar-refractivity contribution in [2.24, 2.45) is 0 Å². The summed E-state index contributed by atoms with van der Waals surface area (Å²) < 4.78 is 0.